The standard InChI is InChI=1S/C12H25NO3/c1-9(2)10(11(14)15)13-8-12(3,4)6-7-16-5/h9-10,13H,6-8H2,1-5H3,(H,14,15). The predicted octanol–water partition coefficient (Wildman–Crippen LogP) is 1.75. The first-order valence-electron chi connectivity index (χ1n) is 5.75. The Morgan fingerprint density at radius 1 is 1.44 bits per heavy atom. The van der Waals surface area contributed by atoms with E-state index in [1.807, 2.05) is 13.8 Å². The fraction of sp³-hybridized carbons (Fsp3) is 0.917. The number of carboxylic acids is 1. The van der Waals surface area contributed by atoms with Crippen molar-refractivity contribution in [1.29, 1.82) is 0 Å². The van der Waals surface area contributed by atoms with E-state index < -0.39 is 12.0 Å². The van der Waals surface area contributed by atoms with Crippen molar-refractivity contribution in [1.82, 2.24) is 5.32 Å². The molecule has 0 aromatic rings. The Kier molecular flexibility index (Phi) is 6.60. The van der Waals surface area contributed by atoms with E-state index in [2.05, 4.69) is 19.2 Å². The Balaban J connectivity index is 4.13. The van der Waals surface area contributed by atoms with Crippen molar-refractivity contribution < 1.29 is 14.6 Å². The highest BCUT2D eigenvalue weighted by atomic mass is 16.5. The van der Waals surface area contributed by atoms with E-state index in [9.17, 15) is 4.79 Å². The molecule has 0 saturated heterocycles. The first-order valence-corrected chi connectivity index (χ1v) is 5.75. The van der Waals surface area contributed by atoms with Crippen molar-refractivity contribution in [2.45, 2.75) is 40.2 Å². The van der Waals surface area contributed by atoms with Crippen LogP contribution in [0.5, 0.6) is 0 Å². The van der Waals surface area contributed by atoms with Crippen LogP contribution in [-0.2, 0) is 9.53 Å². The van der Waals surface area contributed by atoms with Crippen molar-refractivity contribution >= 4 is 5.97 Å². The summed E-state index contributed by atoms with van der Waals surface area (Å²) in [5.41, 5.74) is 0.0542. The molecule has 0 aromatic carbocycles. The van der Waals surface area contributed by atoms with Gasteiger partial charge in [0.05, 0.1) is 0 Å². The zero-order valence-corrected chi connectivity index (χ0v) is 11.0. The lowest BCUT2D eigenvalue weighted by Crippen LogP contribution is -2.45. The maximum atomic E-state index is 11.0. The van der Waals surface area contributed by atoms with Gasteiger partial charge in [-0.05, 0) is 17.8 Å². The SMILES string of the molecule is COCCC(C)(C)CNC(C(=O)O)C(C)C. The van der Waals surface area contributed by atoms with Crippen LogP contribution >= 0.6 is 0 Å². The van der Waals surface area contributed by atoms with Gasteiger partial charge in [-0.2, -0.15) is 0 Å². The number of hydrogen-bond acceptors (Lipinski definition) is 3. The third kappa shape index (κ3) is 6.08. The number of ether oxygens (including phenoxy) is 1. The zero-order chi connectivity index (χ0) is 12.8. The Hall–Kier alpha value is -0.610. The van der Waals surface area contributed by atoms with Crippen molar-refractivity contribution in [2.24, 2.45) is 11.3 Å². The van der Waals surface area contributed by atoms with Crippen LogP contribution in [0.15, 0.2) is 0 Å². The minimum atomic E-state index is -0.780. The largest absolute Gasteiger partial charge is 0.480 e. The molecule has 2 N–H and O–H groups in total. The van der Waals surface area contributed by atoms with E-state index in [1.54, 1.807) is 7.11 Å². The van der Waals surface area contributed by atoms with Gasteiger partial charge < -0.3 is 15.2 Å². The third-order valence-corrected chi connectivity index (χ3v) is 2.72. The Labute approximate surface area is 98.4 Å². The number of carboxylic acid groups (broad SMARTS) is 1. The molecule has 0 heterocycles. The molecule has 96 valence electrons. The minimum Gasteiger partial charge on any atom is -0.480 e. The van der Waals surface area contributed by atoms with Crippen molar-refractivity contribution in [3.05, 3.63) is 0 Å². The third-order valence-electron chi connectivity index (χ3n) is 2.72. The Morgan fingerprint density at radius 2 is 2.00 bits per heavy atom. The van der Waals surface area contributed by atoms with Crippen LogP contribution < -0.4 is 5.32 Å². The smallest absolute Gasteiger partial charge is 0.320 e. The van der Waals surface area contributed by atoms with E-state index in [0.29, 0.717) is 13.2 Å². The van der Waals surface area contributed by atoms with Gasteiger partial charge in [-0.1, -0.05) is 27.7 Å². The van der Waals surface area contributed by atoms with E-state index in [0.717, 1.165) is 6.42 Å². The second-order valence-electron chi connectivity index (χ2n) is 5.35. The molecule has 16 heavy (non-hydrogen) atoms. The van der Waals surface area contributed by atoms with Crippen molar-refractivity contribution in [2.75, 3.05) is 20.3 Å². The van der Waals surface area contributed by atoms with Crippen LogP contribution in [-0.4, -0.2) is 37.4 Å². The fourth-order valence-corrected chi connectivity index (χ4v) is 1.46. The van der Waals surface area contributed by atoms with E-state index >= 15 is 0 Å². The lowest BCUT2D eigenvalue weighted by atomic mass is 9.89. The molecule has 0 bridgehead atoms. The van der Waals surface area contributed by atoms with Gasteiger partial charge in [-0.25, -0.2) is 0 Å². The van der Waals surface area contributed by atoms with Crippen molar-refractivity contribution in [3.8, 4) is 0 Å². The summed E-state index contributed by atoms with van der Waals surface area (Å²) in [6, 6.07) is -0.471. The number of aliphatic carboxylic acids is 1. The molecule has 1 atom stereocenters. The highest BCUT2D eigenvalue weighted by Crippen LogP contribution is 2.19. The molecule has 4 nitrogen and oxygen atoms in total. The molecule has 1 unspecified atom stereocenters. The highest BCUT2D eigenvalue weighted by Gasteiger charge is 2.24. The van der Waals surface area contributed by atoms with Crippen LogP contribution in [0.4, 0.5) is 0 Å². The van der Waals surface area contributed by atoms with Gasteiger partial charge in [0.1, 0.15) is 6.04 Å². The van der Waals surface area contributed by atoms with Crippen LogP contribution in [0.2, 0.25) is 0 Å². The summed E-state index contributed by atoms with van der Waals surface area (Å²) in [4.78, 5) is 11.0. The maximum Gasteiger partial charge on any atom is 0.320 e. The monoisotopic (exact) mass is 231 g/mol. The molecule has 0 fully saturated rings. The summed E-state index contributed by atoms with van der Waals surface area (Å²) in [7, 11) is 1.68. The van der Waals surface area contributed by atoms with Gasteiger partial charge in [-0.15, -0.1) is 0 Å². The molecule has 4 heteroatoms. The average Bonchev–Trinajstić information content (AvgIpc) is 2.13. The summed E-state index contributed by atoms with van der Waals surface area (Å²) >= 11 is 0. The molecular formula is C12H25NO3. The van der Waals surface area contributed by atoms with Gasteiger partial charge in [0.25, 0.3) is 0 Å². The molecule has 0 aromatic heterocycles. The van der Waals surface area contributed by atoms with Crippen molar-refractivity contribution in [3.63, 3.8) is 0 Å². The van der Waals surface area contributed by atoms with Gasteiger partial charge in [-0.3, -0.25) is 4.79 Å². The first kappa shape index (κ1) is 15.4. The number of methoxy groups -OCH3 is 1. The van der Waals surface area contributed by atoms with Crippen LogP contribution in [0, 0.1) is 11.3 Å². The Bertz CT molecular complexity index is 214. The second-order valence-corrected chi connectivity index (χ2v) is 5.35. The van der Waals surface area contributed by atoms with E-state index in [1.165, 1.54) is 0 Å². The normalized spacial score (nSPS) is 14.1. The molecule has 0 aliphatic carbocycles. The van der Waals surface area contributed by atoms with E-state index in [4.69, 9.17) is 9.84 Å². The predicted molar refractivity (Wildman–Crippen MR) is 64.5 cm³/mol. The molecule has 0 amide bonds. The van der Waals surface area contributed by atoms with Gasteiger partial charge in [0.15, 0.2) is 0 Å². The number of nitrogens with one attached hydrogen (secondary N) is 1. The molecular weight excluding hydrogens is 206 g/mol. The quantitative estimate of drug-likeness (QED) is 0.668. The summed E-state index contributed by atoms with van der Waals surface area (Å²) in [5, 5.41) is 12.1. The zero-order valence-electron chi connectivity index (χ0n) is 11.0. The minimum absolute atomic E-state index is 0.0542. The van der Waals surface area contributed by atoms with Crippen LogP contribution in [0.3, 0.4) is 0 Å². The van der Waals surface area contributed by atoms with Gasteiger partial charge >= 0.3 is 5.97 Å². The Morgan fingerprint density at radius 3 is 2.38 bits per heavy atom. The summed E-state index contributed by atoms with van der Waals surface area (Å²) in [5.74, 6) is -0.687. The topological polar surface area (TPSA) is 58.6 Å². The first-order chi connectivity index (χ1) is 7.30. The second kappa shape index (κ2) is 6.86. The summed E-state index contributed by atoms with van der Waals surface area (Å²) < 4.78 is 5.04. The number of hydrogen-bond donors (Lipinski definition) is 2. The lowest BCUT2D eigenvalue weighted by Gasteiger charge is -2.28. The summed E-state index contributed by atoms with van der Waals surface area (Å²) in [6.45, 7) is 9.43. The van der Waals surface area contributed by atoms with Crippen LogP contribution in [0.25, 0.3) is 0 Å². The molecule has 0 spiro atoms. The molecule has 0 aliphatic rings. The highest BCUT2D eigenvalue weighted by molar-refractivity contribution is 5.73. The number of rotatable bonds is 8. The summed E-state index contributed by atoms with van der Waals surface area (Å²) in [6.07, 6.45) is 0.918. The molecule has 0 rings (SSSR count). The average molecular weight is 231 g/mol. The molecule has 0 aliphatic heterocycles. The van der Waals surface area contributed by atoms with E-state index in [-0.39, 0.29) is 11.3 Å². The van der Waals surface area contributed by atoms with Gasteiger partial charge in [0, 0.05) is 20.3 Å². The maximum absolute atomic E-state index is 11.0. The van der Waals surface area contributed by atoms with Crippen LogP contribution in [0.1, 0.15) is 34.1 Å². The molecule has 0 saturated carbocycles. The molecule has 0 radical (unpaired) electrons. The fourth-order valence-electron chi connectivity index (χ4n) is 1.46. The van der Waals surface area contributed by atoms with Gasteiger partial charge in [0.2, 0.25) is 0 Å². The number of carbonyl (C=O) groups is 1. The lowest BCUT2D eigenvalue weighted by molar-refractivity contribution is -0.140.